The molecule has 1 aliphatic rings. The highest BCUT2D eigenvalue weighted by Crippen LogP contribution is 2.30. The predicted octanol–water partition coefficient (Wildman–Crippen LogP) is 3.07. The minimum Gasteiger partial charge on any atom is -0.619 e. The van der Waals surface area contributed by atoms with Gasteiger partial charge in [0, 0.05) is 30.6 Å². The molecule has 2 heterocycles. The highest BCUT2D eigenvalue weighted by Gasteiger charge is 2.32. The van der Waals surface area contributed by atoms with E-state index in [2.05, 4.69) is 0 Å². The Balaban J connectivity index is 1.72. The summed E-state index contributed by atoms with van der Waals surface area (Å²) in [5, 5.41) is 11.3. The molecule has 1 fully saturated rings. The van der Waals surface area contributed by atoms with Gasteiger partial charge in [-0.15, -0.1) is 0 Å². The van der Waals surface area contributed by atoms with Crippen LogP contribution in [0.15, 0.2) is 48.8 Å². The Morgan fingerprint density at radius 1 is 1.11 bits per heavy atom. The van der Waals surface area contributed by atoms with Crippen molar-refractivity contribution >= 4 is 11.7 Å². The molecular weight excluding hydrogens is 361 g/mol. The fourth-order valence-corrected chi connectivity index (χ4v) is 3.20. The Bertz CT molecular complexity index is 850. The lowest BCUT2D eigenvalue weighted by Gasteiger charge is -2.32. The van der Waals surface area contributed by atoms with E-state index in [1.165, 1.54) is 41.6 Å². The second kappa shape index (κ2) is 7.38. The van der Waals surface area contributed by atoms with E-state index < -0.39 is 17.7 Å². The Hall–Kier alpha value is -2.90. The van der Waals surface area contributed by atoms with Crippen LogP contribution in [0.25, 0.3) is 0 Å². The van der Waals surface area contributed by atoms with Crippen LogP contribution < -0.4 is 4.73 Å². The number of halogens is 3. The minimum atomic E-state index is -4.45. The van der Waals surface area contributed by atoms with Crippen molar-refractivity contribution in [2.24, 2.45) is 5.92 Å². The zero-order valence-corrected chi connectivity index (χ0v) is 14.3. The average molecular weight is 378 g/mol. The summed E-state index contributed by atoms with van der Waals surface area (Å²) in [6, 6.07) is 7.10. The summed E-state index contributed by atoms with van der Waals surface area (Å²) in [7, 11) is 0. The summed E-state index contributed by atoms with van der Waals surface area (Å²) in [4.78, 5) is 26.7. The van der Waals surface area contributed by atoms with Gasteiger partial charge in [-0.1, -0.05) is 12.1 Å². The Kier molecular flexibility index (Phi) is 5.16. The minimum absolute atomic E-state index is 0.173. The largest absolute Gasteiger partial charge is 0.619 e. The van der Waals surface area contributed by atoms with Crippen LogP contribution in [0, 0.1) is 11.1 Å². The zero-order chi connectivity index (χ0) is 19.6. The molecule has 0 bridgehead atoms. The molecule has 8 heteroatoms. The maximum atomic E-state index is 12.7. The summed E-state index contributed by atoms with van der Waals surface area (Å²) in [5.41, 5.74) is -0.385. The number of Topliss-reactive ketones (excluding diaryl/α,β-unsaturated/α-hetero) is 1. The van der Waals surface area contributed by atoms with Gasteiger partial charge in [-0.05, 0) is 31.0 Å². The SMILES string of the molecule is O=C(c1ccc(C(F)(F)F)cc1)C1CCCN(C(=O)c2ccc[n+]([O-])c2)C1. The van der Waals surface area contributed by atoms with E-state index in [0.29, 0.717) is 24.1 Å². The average Bonchev–Trinajstić information content (AvgIpc) is 2.66. The molecule has 1 atom stereocenters. The molecule has 1 aromatic carbocycles. The number of nitrogens with zero attached hydrogens (tertiary/aromatic N) is 2. The van der Waals surface area contributed by atoms with Gasteiger partial charge in [0.15, 0.2) is 18.2 Å². The summed E-state index contributed by atoms with van der Waals surface area (Å²) >= 11 is 0. The van der Waals surface area contributed by atoms with E-state index in [-0.39, 0.29) is 29.4 Å². The number of piperidine rings is 1. The van der Waals surface area contributed by atoms with Crippen LogP contribution in [0.2, 0.25) is 0 Å². The molecule has 1 unspecified atom stereocenters. The van der Waals surface area contributed by atoms with Gasteiger partial charge in [-0.25, -0.2) is 0 Å². The maximum absolute atomic E-state index is 12.7. The van der Waals surface area contributed by atoms with Gasteiger partial charge < -0.3 is 10.1 Å². The third-order valence-corrected chi connectivity index (χ3v) is 4.60. The van der Waals surface area contributed by atoms with Crippen molar-refractivity contribution in [1.29, 1.82) is 0 Å². The second-order valence-electron chi connectivity index (χ2n) is 6.48. The second-order valence-corrected chi connectivity index (χ2v) is 6.48. The van der Waals surface area contributed by atoms with Gasteiger partial charge in [-0.3, -0.25) is 9.59 Å². The maximum Gasteiger partial charge on any atom is 0.416 e. The normalized spacial score (nSPS) is 17.6. The summed E-state index contributed by atoms with van der Waals surface area (Å²) in [5.74, 6) is -1.11. The van der Waals surface area contributed by atoms with E-state index in [4.69, 9.17) is 0 Å². The molecule has 0 spiro atoms. The molecule has 27 heavy (non-hydrogen) atoms. The number of pyridine rings is 1. The number of carbonyl (C=O) groups excluding carboxylic acids is 2. The number of carbonyl (C=O) groups is 2. The van der Waals surface area contributed by atoms with Crippen molar-refractivity contribution in [2.75, 3.05) is 13.1 Å². The lowest BCUT2D eigenvalue weighted by Crippen LogP contribution is -2.43. The Morgan fingerprint density at radius 2 is 1.81 bits per heavy atom. The molecule has 2 aromatic rings. The van der Waals surface area contributed by atoms with Gasteiger partial charge in [0.05, 0.1) is 5.56 Å². The fraction of sp³-hybridized carbons (Fsp3) is 0.316. The van der Waals surface area contributed by atoms with E-state index in [1.54, 1.807) is 0 Å². The van der Waals surface area contributed by atoms with Crippen molar-refractivity contribution in [3.05, 3.63) is 70.7 Å². The fourth-order valence-electron chi connectivity index (χ4n) is 3.20. The van der Waals surface area contributed by atoms with Crippen LogP contribution in [-0.2, 0) is 6.18 Å². The Morgan fingerprint density at radius 3 is 2.44 bits per heavy atom. The quantitative estimate of drug-likeness (QED) is 0.468. The molecule has 1 aliphatic heterocycles. The molecule has 5 nitrogen and oxygen atoms in total. The first-order valence-electron chi connectivity index (χ1n) is 8.45. The number of benzene rings is 1. The molecule has 3 rings (SSSR count). The lowest BCUT2D eigenvalue weighted by molar-refractivity contribution is -0.605. The number of alkyl halides is 3. The predicted molar refractivity (Wildman–Crippen MR) is 89.8 cm³/mol. The standard InChI is InChI=1S/C19H17F3N2O3/c20-19(21,22)16-7-5-13(6-8-16)17(25)14-3-1-9-23(11-14)18(26)15-4-2-10-24(27)12-15/h2,4-8,10,12,14H,1,3,9,11H2. The van der Waals surface area contributed by atoms with Crippen LogP contribution in [0.3, 0.4) is 0 Å². The van der Waals surface area contributed by atoms with Gasteiger partial charge in [0.25, 0.3) is 5.91 Å². The van der Waals surface area contributed by atoms with Gasteiger partial charge in [0.2, 0.25) is 0 Å². The molecule has 0 N–H and O–H groups in total. The van der Waals surface area contributed by atoms with Crippen LogP contribution in [-0.4, -0.2) is 29.7 Å². The monoisotopic (exact) mass is 378 g/mol. The summed E-state index contributed by atoms with van der Waals surface area (Å²) < 4.78 is 38.5. The molecule has 1 aromatic heterocycles. The number of hydrogen-bond acceptors (Lipinski definition) is 3. The molecular formula is C19H17F3N2O3. The number of rotatable bonds is 3. The first kappa shape index (κ1) is 18.9. The first-order valence-corrected chi connectivity index (χ1v) is 8.45. The third kappa shape index (κ3) is 4.27. The van der Waals surface area contributed by atoms with Gasteiger partial charge >= 0.3 is 6.18 Å². The third-order valence-electron chi connectivity index (χ3n) is 4.60. The van der Waals surface area contributed by atoms with Gasteiger partial charge in [0.1, 0.15) is 5.56 Å². The van der Waals surface area contributed by atoms with E-state index in [0.717, 1.165) is 12.1 Å². The highest BCUT2D eigenvalue weighted by molar-refractivity contribution is 5.99. The molecule has 0 aliphatic carbocycles. The van der Waals surface area contributed by atoms with Crippen molar-refractivity contribution in [3.8, 4) is 0 Å². The van der Waals surface area contributed by atoms with Crippen LogP contribution in [0.5, 0.6) is 0 Å². The van der Waals surface area contributed by atoms with Gasteiger partial charge in [-0.2, -0.15) is 17.9 Å². The molecule has 1 saturated heterocycles. The van der Waals surface area contributed by atoms with Crippen molar-refractivity contribution in [3.63, 3.8) is 0 Å². The van der Waals surface area contributed by atoms with Crippen LogP contribution >= 0.6 is 0 Å². The first-order chi connectivity index (χ1) is 12.8. The van der Waals surface area contributed by atoms with E-state index in [9.17, 15) is 28.0 Å². The summed E-state index contributed by atoms with van der Waals surface area (Å²) in [6.07, 6.45) is -0.857. The molecule has 0 radical (unpaired) electrons. The van der Waals surface area contributed by atoms with E-state index in [1.807, 2.05) is 0 Å². The van der Waals surface area contributed by atoms with Crippen LogP contribution in [0.1, 0.15) is 39.1 Å². The summed E-state index contributed by atoms with van der Waals surface area (Å²) in [6.45, 7) is 0.635. The number of aromatic nitrogens is 1. The topological polar surface area (TPSA) is 64.3 Å². The van der Waals surface area contributed by atoms with Crippen molar-refractivity contribution in [2.45, 2.75) is 19.0 Å². The Labute approximate surface area is 153 Å². The molecule has 1 amide bonds. The highest BCUT2D eigenvalue weighted by atomic mass is 19.4. The number of hydrogen-bond donors (Lipinski definition) is 0. The van der Waals surface area contributed by atoms with Crippen LogP contribution in [0.4, 0.5) is 13.2 Å². The van der Waals surface area contributed by atoms with Crippen molar-refractivity contribution in [1.82, 2.24) is 4.90 Å². The number of likely N-dealkylation sites (tertiary alicyclic amines) is 1. The van der Waals surface area contributed by atoms with E-state index >= 15 is 0 Å². The number of amides is 1. The zero-order valence-electron chi connectivity index (χ0n) is 14.3. The van der Waals surface area contributed by atoms with Crippen molar-refractivity contribution < 1.29 is 27.5 Å². The smallest absolute Gasteiger partial charge is 0.416 e. The lowest BCUT2D eigenvalue weighted by atomic mass is 9.89. The molecule has 0 saturated carbocycles. The number of ketones is 1. The molecule has 142 valence electrons.